The number of nitrogens with zero attached hydrogens (tertiary/aromatic N) is 2. The fourth-order valence-electron chi connectivity index (χ4n) is 2.79. The van der Waals surface area contributed by atoms with E-state index >= 15 is 0 Å². The molecule has 0 atom stereocenters. The van der Waals surface area contributed by atoms with Crippen LogP contribution in [0.15, 0.2) is 29.6 Å². The van der Waals surface area contributed by atoms with Gasteiger partial charge < -0.3 is 20.3 Å². The summed E-state index contributed by atoms with van der Waals surface area (Å²) in [4.78, 5) is 42.7. The lowest BCUT2D eigenvalue weighted by molar-refractivity contribution is -0.120. The van der Waals surface area contributed by atoms with Crippen molar-refractivity contribution in [2.75, 3.05) is 32.1 Å². The summed E-state index contributed by atoms with van der Waals surface area (Å²) in [6.07, 6.45) is 1.77. The molecule has 0 radical (unpaired) electrons. The van der Waals surface area contributed by atoms with Gasteiger partial charge in [0.15, 0.2) is 5.13 Å². The third kappa shape index (κ3) is 6.33. The van der Waals surface area contributed by atoms with Crippen LogP contribution >= 0.6 is 11.3 Å². The van der Waals surface area contributed by atoms with Crippen molar-refractivity contribution in [2.45, 2.75) is 25.3 Å². The second kappa shape index (κ2) is 10.3. The quantitative estimate of drug-likeness (QED) is 0.556. The molecule has 1 heterocycles. The van der Waals surface area contributed by atoms with Crippen LogP contribution in [0.1, 0.15) is 28.9 Å². The average Bonchev–Trinajstić information content (AvgIpc) is 3.47. The number of carbonyl (C=O) groups excluding carboxylic acids is 3. The summed E-state index contributed by atoms with van der Waals surface area (Å²) in [7, 11) is 1.55. The number of carbonyl (C=O) groups is 3. The molecule has 1 aliphatic rings. The molecule has 8 nitrogen and oxygen atoms in total. The molecule has 0 unspecified atom stereocenters. The number of nitrogens with one attached hydrogen (secondary N) is 2. The van der Waals surface area contributed by atoms with E-state index in [0.29, 0.717) is 29.5 Å². The van der Waals surface area contributed by atoms with Crippen molar-refractivity contribution >= 4 is 34.2 Å². The van der Waals surface area contributed by atoms with E-state index in [-0.39, 0.29) is 36.7 Å². The third-order valence-corrected chi connectivity index (χ3v) is 5.23. The number of aromatic nitrogens is 1. The minimum atomic E-state index is -0.422. The molecule has 1 aromatic heterocycles. The molecule has 1 saturated carbocycles. The van der Waals surface area contributed by atoms with Gasteiger partial charge in [-0.3, -0.25) is 14.4 Å². The van der Waals surface area contributed by atoms with Gasteiger partial charge in [0.1, 0.15) is 12.4 Å². The minimum absolute atomic E-state index is 0.0101. The number of rotatable bonds is 10. The van der Waals surface area contributed by atoms with Crippen molar-refractivity contribution in [3.8, 4) is 0 Å². The van der Waals surface area contributed by atoms with Crippen LogP contribution in [0, 0.1) is 5.82 Å². The van der Waals surface area contributed by atoms with Crippen LogP contribution in [0.4, 0.5) is 9.52 Å². The Labute approximate surface area is 177 Å². The van der Waals surface area contributed by atoms with Gasteiger partial charge in [0, 0.05) is 30.6 Å². The van der Waals surface area contributed by atoms with Crippen molar-refractivity contribution < 1.29 is 23.5 Å². The van der Waals surface area contributed by atoms with Gasteiger partial charge in [0.2, 0.25) is 11.8 Å². The molecule has 2 aromatic rings. The Morgan fingerprint density at radius 1 is 1.23 bits per heavy atom. The van der Waals surface area contributed by atoms with Crippen LogP contribution in [0.3, 0.4) is 0 Å². The smallest absolute Gasteiger partial charge is 0.254 e. The van der Waals surface area contributed by atoms with Gasteiger partial charge in [-0.2, -0.15) is 0 Å². The molecule has 1 aliphatic carbocycles. The van der Waals surface area contributed by atoms with E-state index < -0.39 is 5.82 Å². The summed E-state index contributed by atoms with van der Waals surface area (Å²) in [5.74, 6) is -1.28. The third-order valence-electron chi connectivity index (χ3n) is 4.42. The van der Waals surface area contributed by atoms with E-state index in [1.807, 2.05) is 0 Å². The topological polar surface area (TPSA) is 101 Å². The Morgan fingerprint density at radius 2 is 1.97 bits per heavy atom. The van der Waals surface area contributed by atoms with Gasteiger partial charge in [-0.1, -0.05) is 0 Å². The first kappa shape index (κ1) is 21.8. The van der Waals surface area contributed by atoms with Crippen LogP contribution < -0.4 is 10.6 Å². The molecule has 0 spiro atoms. The zero-order valence-corrected chi connectivity index (χ0v) is 17.3. The van der Waals surface area contributed by atoms with Crippen molar-refractivity contribution in [1.82, 2.24) is 15.2 Å². The first-order valence-corrected chi connectivity index (χ1v) is 10.4. The van der Waals surface area contributed by atoms with Crippen LogP contribution in [-0.4, -0.2) is 60.5 Å². The first-order chi connectivity index (χ1) is 14.5. The number of anilines is 1. The Kier molecular flexibility index (Phi) is 7.47. The van der Waals surface area contributed by atoms with Crippen molar-refractivity contribution in [3.05, 3.63) is 46.7 Å². The van der Waals surface area contributed by atoms with E-state index in [9.17, 15) is 18.8 Å². The summed E-state index contributed by atoms with van der Waals surface area (Å²) in [5, 5.41) is 7.45. The van der Waals surface area contributed by atoms with Crippen molar-refractivity contribution in [2.24, 2.45) is 0 Å². The largest absolute Gasteiger partial charge is 0.383 e. The van der Waals surface area contributed by atoms with Crippen LogP contribution in [0.2, 0.25) is 0 Å². The highest BCUT2D eigenvalue weighted by Gasteiger charge is 2.34. The number of methoxy groups -OCH3 is 1. The molecule has 1 aromatic carbocycles. The molecular weight excluding hydrogens is 411 g/mol. The average molecular weight is 434 g/mol. The maximum absolute atomic E-state index is 13.1. The first-order valence-electron chi connectivity index (χ1n) is 9.52. The number of hydrogen-bond donors (Lipinski definition) is 2. The molecule has 1 fully saturated rings. The maximum Gasteiger partial charge on any atom is 0.254 e. The van der Waals surface area contributed by atoms with E-state index in [4.69, 9.17) is 4.74 Å². The highest BCUT2D eigenvalue weighted by atomic mass is 32.1. The molecule has 0 bridgehead atoms. The van der Waals surface area contributed by atoms with Crippen LogP contribution in [-0.2, 0) is 20.7 Å². The summed E-state index contributed by atoms with van der Waals surface area (Å²) in [6, 6.07) is 5.28. The standard InChI is InChI=1S/C20H23FN4O4S/c1-29-9-8-22-17(26)10-15-12-30-20(23-15)24-18(27)11-25(16-6-7-16)19(28)13-2-4-14(21)5-3-13/h2-5,12,16H,6-11H2,1H3,(H,22,26)(H,23,24,27). The van der Waals surface area contributed by atoms with Gasteiger partial charge in [-0.15, -0.1) is 11.3 Å². The summed E-state index contributed by atoms with van der Waals surface area (Å²) in [6.45, 7) is 0.730. The fourth-order valence-corrected chi connectivity index (χ4v) is 3.52. The lowest BCUT2D eigenvalue weighted by Gasteiger charge is -2.21. The predicted octanol–water partition coefficient (Wildman–Crippen LogP) is 1.83. The monoisotopic (exact) mass is 434 g/mol. The van der Waals surface area contributed by atoms with Crippen molar-refractivity contribution in [1.29, 1.82) is 0 Å². The summed E-state index contributed by atoms with van der Waals surface area (Å²) >= 11 is 1.21. The molecule has 3 rings (SSSR count). The number of halogens is 1. The van der Waals surface area contributed by atoms with E-state index in [0.717, 1.165) is 12.8 Å². The van der Waals surface area contributed by atoms with Crippen molar-refractivity contribution in [3.63, 3.8) is 0 Å². The lowest BCUT2D eigenvalue weighted by Crippen LogP contribution is -2.39. The number of thiazole rings is 1. The molecule has 30 heavy (non-hydrogen) atoms. The molecule has 3 amide bonds. The summed E-state index contributed by atoms with van der Waals surface area (Å²) in [5.41, 5.74) is 0.888. The lowest BCUT2D eigenvalue weighted by atomic mass is 10.2. The zero-order valence-electron chi connectivity index (χ0n) is 16.5. The Bertz CT molecular complexity index is 898. The molecule has 2 N–H and O–H groups in total. The second-order valence-corrected chi connectivity index (χ2v) is 7.74. The van der Waals surface area contributed by atoms with Crippen LogP contribution in [0.25, 0.3) is 0 Å². The highest BCUT2D eigenvalue weighted by molar-refractivity contribution is 7.13. The normalized spacial score (nSPS) is 13.0. The van der Waals surface area contributed by atoms with E-state index in [1.165, 1.54) is 40.5 Å². The molecule has 10 heteroatoms. The molecular formula is C20H23FN4O4S. The minimum Gasteiger partial charge on any atom is -0.383 e. The SMILES string of the molecule is COCCNC(=O)Cc1csc(NC(=O)CN(C(=O)c2ccc(F)cc2)C2CC2)n1. The number of amides is 3. The van der Waals surface area contributed by atoms with Crippen LogP contribution in [0.5, 0.6) is 0 Å². The summed E-state index contributed by atoms with van der Waals surface area (Å²) < 4.78 is 18.0. The van der Waals surface area contributed by atoms with Gasteiger partial charge in [-0.25, -0.2) is 9.37 Å². The molecule has 160 valence electrons. The van der Waals surface area contributed by atoms with Gasteiger partial charge in [0.25, 0.3) is 5.91 Å². The maximum atomic E-state index is 13.1. The Hall–Kier alpha value is -2.85. The Morgan fingerprint density at radius 3 is 2.63 bits per heavy atom. The molecule has 0 aliphatic heterocycles. The number of benzene rings is 1. The fraction of sp³-hybridized carbons (Fsp3) is 0.400. The highest BCUT2D eigenvalue weighted by Crippen LogP contribution is 2.28. The van der Waals surface area contributed by atoms with Gasteiger partial charge in [-0.05, 0) is 37.1 Å². The number of hydrogen-bond acceptors (Lipinski definition) is 6. The van der Waals surface area contributed by atoms with E-state index in [2.05, 4.69) is 15.6 Å². The van der Waals surface area contributed by atoms with Gasteiger partial charge in [0.05, 0.1) is 18.7 Å². The van der Waals surface area contributed by atoms with Gasteiger partial charge >= 0.3 is 0 Å². The molecule has 0 saturated heterocycles. The zero-order chi connectivity index (χ0) is 21.5. The predicted molar refractivity (Wildman–Crippen MR) is 110 cm³/mol. The second-order valence-electron chi connectivity index (χ2n) is 6.88. The van der Waals surface area contributed by atoms with E-state index in [1.54, 1.807) is 12.5 Å². The number of ether oxygens (including phenoxy) is 1. The Balaban J connectivity index is 1.54.